The van der Waals surface area contributed by atoms with E-state index >= 15 is 0 Å². The van der Waals surface area contributed by atoms with Crippen LogP contribution in [-0.2, 0) is 0 Å². The fourth-order valence-corrected chi connectivity index (χ4v) is 3.98. The highest BCUT2D eigenvalue weighted by Crippen LogP contribution is 2.38. The molecule has 0 fully saturated rings. The predicted molar refractivity (Wildman–Crippen MR) is 121 cm³/mol. The zero-order valence-corrected chi connectivity index (χ0v) is 16.9. The van der Waals surface area contributed by atoms with E-state index in [4.69, 9.17) is 0 Å². The van der Waals surface area contributed by atoms with Crippen LogP contribution in [0.25, 0.3) is 22.3 Å². The van der Waals surface area contributed by atoms with E-state index in [9.17, 15) is 0 Å². The van der Waals surface area contributed by atoms with Gasteiger partial charge in [-0.1, -0.05) is 92.3 Å². The predicted octanol–water partition coefficient (Wildman–Crippen LogP) is 8.24. The lowest BCUT2D eigenvalue weighted by Crippen LogP contribution is -1.99. The Hall–Kier alpha value is -2.60. The van der Waals surface area contributed by atoms with Gasteiger partial charge in [-0.2, -0.15) is 0 Å². The molecule has 0 heterocycles. The van der Waals surface area contributed by atoms with E-state index < -0.39 is 0 Å². The van der Waals surface area contributed by atoms with Crippen LogP contribution in [-0.4, -0.2) is 0 Å². The summed E-state index contributed by atoms with van der Waals surface area (Å²) in [6.45, 7) is 10.7. The first kappa shape index (κ1) is 19.2. The molecule has 0 spiro atoms. The van der Waals surface area contributed by atoms with E-state index in [1.165, 1.54) is 51.8 Å². The molecule has 0 amide bonds. The molecule has 0 heteroatoms. The minimum absolute atomic E-state index is 1.10. The molecule has 0 bridgehead atoms. The quantitative estimate of drug-likeness (QED) is 0.490. The summed E-state index contributed by atoms with van der Waals surface area (Å²) >= 11 is 0. The van der Waals surface area contributed by atoms with E-state index in [0.29, 0.717) is 0 Å². The second-order valence-electron chi connectivity index (χ2n) is 7.32. The first-order valence-corrected chi connectivity index (χ1v) is 10.1. The van der Waals surface area contributed by atoms with Gasteiger partial charge in [0, 0.05) is 0 Å². The van der Waals surface area contributed by atoms with E-state index in [1.54, 1.807) is 0 Å². The lowest BCUT2D eigenvalue weighted by Gasteiger charge is -2.20. The van der Waals surface area contributed by atoms with Gasteiger partial charge >= 0.3 is 0 Å². The molecule has 27 heavy (non-hydrogen) atoms. The zero-order chi connectivity index (χ0) is 19.2. The summed E-state index contributed by atoms with van der Waals surface area (Å²) in [6, 6.07) is 17.4. The Morgan fingerprint density at radius 2 is 1.59 bits per heavy atom. The summed E-state index contributed by atoms with van der Waals surface area (Å²) < 4.78 is 0. The van der Waals surface area contributed by atoms with Gasteiger partial charge in [0.15, 0.2) is 0 Å². The van der Waals surface area contributed by atoms with E-state index in [0.717, 1.165) is 18.4 Å². The van der Waals surface area contributed by atoms with Crippen molar-refractivity contribution in [1.82, 2.24) is 0 Å². The van der Waals surface area contributed by atoms with Crippen LogP contribution in [0.1, 0.15) is 57.6 Å². The van der Waals surface area contributed by atoms with Gasteiger partial charge in [0.25, 0.3) is 0 Å². The van der Waals surface area contributed by atoms with E-state index in [-0.39, 0.29) is 0 Å². The molecule has 3 rings (SSSR count). The molecule has 0 atom stereocenters. The minimum Gasteiger partial charge on any atom is -0.0955 e. The van der Waals surface area contributed by atoms with Crippen LogP contribution in [0, 0.1) is 0 Å². The fraction of sp³-hybridized carbons (Fsp3) is 0.259. The number of benzene rings is 2. The van der Waals surface area contributed by atoms with Crippen LogP contribution in [0.2, 0.25) is 0 Å². The summed E-state index contributed by atoms with van der Waals surface area (Å²) in [5.41, 5.74) is 10.7. The van der Waals surface area contributed by atoms with Crippen LogP contribution in [0.5, 0.6) is 0 Å². The van der Waals surface area contributed by atoms with Crippen LogP contribution >= 0.6 is 0 Å². The largest absolute Gasteiger partial charge is 0.0955 e. The molecule has 0 nitrogen and oxygen atoms in total. The van der Waals surface area contributed by atoms with Crippen LogP contribution in [0.15, 0.2) is 84.5 Å². The summed E-state index contributed by atoms with van der Waals surface area (Å²) in [6.07, 6.45) is 11.6. The standard InChI is InChI=1S/C27H30/c1-5-11-21(6-2)22-16-18-23(19-17-22)25-13-8-10-15-27(25)26-14-9-7-12-24(26)20(3)4/h6-10,12-16,18H,3,5,11,17,19H2,1-2,4H3/b21-6+. The van der Waals surface area contributed by atoms with Gasteiger partial charge in [-0.25, -0.2) is 0 Å². The summed E-state index contributed by atoms with van der Waals surface area (Å²) in [4.78, 5) is 0. The average Bonchev–Trinajstić information content (AvgIpc) is 2.72. The molecule has 0 unspecified atom stereocenters. The fourth-order valence-electron chi connectivity index (χ4n) is 3.98. The lowest BCUT2D eigenvalue weighted by atomic mass is 9.84. The second-order valence-corrected chi connectivity index (χ2v) is 7.32. The van der Waals surface area contributed by atoms with E-state index in [2.05, 4.69) is 94.1 Å². The van der Waals surface area contributed by atoms with Gasteiger partial charge < -0.3 is 0 Å². The normalized spacial score (nSPS) is 14.6. The van der Waals surface area contributed by atoms with Gasteiger partial charge in [-0.15, -0.1) is 0 Å². The van der Waals surface area contributed by atoms with Crippen molar-refractivity contribution < 1.29 is 0 Å². The number of rotatable bonds is 6. The Kier molecular flexibility index (Phi) is 6.29. The van der Waals surface area contributed by atoms with Crippen molar-refractivity contribution >= 4 is 11.1 Å². The zero-order valence-electron chi connectivity index (χ0n) is 16.9. The topological polar surface area (TPSA) is 0 Å². The van der Waals surface area contributed by atoms with Crippen molar-refractivity contribution in [3.8, 4) is 11.1 Å². The summed E-state index contributed by atoms with van der Waals surface area (Å²) in [5.74, 6) is 0. The molecule has 0 N–H and O–H groups in total. The molecule has 1 aliphatic carbocycles. The molecule has 0 saturated carbocycles. The molecular formula is C27H30. The molecule has 0 aliphatic heterocycles. The van der Waals surface area contributed by atoms with E-state index in [1.807, 2.05) is 0 Å². The molecule has 0 saturated heterocycles. The van der Waals surface area contributed by atoms with Crippen molar-refractivity contribution in [2.45, 2.75) is 46.5 Å². The Morgan fingerprint density at radius 3 is 2.19 bits per heavy atom. The highest BCUT2D eigenvalue weighted by atomic mass is 14.2. The average molecular weight is 355 g/mol. The van der Waals surface area contributed by atoms with Crippen LogP contribution in [0.3, 0.4) is 0 Å². The highest BCUT2D eigenvalue weighted by molar-refractivity contribution is 5.88. The van der Waals surface area contributed by atoms with Crippen molar-refractivity contribution in [2.24, 2.45) is 0 Å². The molecule has 1 aliphatic rings. The Balaban J connectivity index is 2.03. The molecule has 138 valence electrons. The molecular weight excluding hydrogens is 324 g/mol. The summed E-state index contributed by atoms with van der Waals surface area (Å²) in [5, 5.41) is 0. The van der Waals surface area contributed by atoms with Gasteiger partial charge in [0.1, 0.15) is 0 Å². The number of hydrogen-bond donors (Lipinski definition) is 0. The maximum absolute atomic E-state index is 4.18. The first-order valence-electron chi connectivity index (χ1n) is 10.1. The molecule has 0 radical (unpaired) electrons. The molecule has 0 aromatic heterocycles. The Labute approximate surface area is 164 Å². The Morgan fingerprint density at radius 1 is 0.926 bits per heavy atom. The minimum atomic E-state index is 1.10. The van der Waals surface area contributed by atoms with Gasteiger partial charge in [0.2, 0.25) is 0 Å². The van der Waals surface area contributed by atoms with Crippen molar-refractivity contribution in [3.05, 3.63) is 95.6 Å². The third kappa shape index (κ3) is 4.22. The van der Waals surface area contributed by atoms with Crippen molar-refractivity contribution in [2.75, 3.05) is 0 Å². The van der Waals surface area contributed by atoms with Gasteiger partial charge in [-0.3, -0.25) is 0 Å². The molecule has 2 aromatic carbocycles. The van der Waals surface area contributed by atoms with Crippen molar-refractivity contribution in [3.63, 3.8) is 0 Å². The summed E-state index contributed by atoms with van der Waals surface area (Å²) in [7, 11) is 0. The SMILES string of the molecule is C=C(C)c1ccccc1-c1ccccc1C1=CC=C(/C(=C/C)CCC)CC1. The third-order valence-electron chi connectivity index (χ3n) is 5.38. The number of hydrogen-bond acceptors (Lipinski definition) is 0. The maximum atomic E-state index is 4.18. The van der Waals surface area contributed by atoms with Gasteiger partial charge in [-0.05, 0) is 72.1 Å². The lowest BCUT2D eigenvalue weighted by molar-refractivity contribution is 0.872. The second kappa shape index (κ2) is 8.86. The maximum Gasteiger partial charge on any atom is -0.0103 e. The van der Waals surface area contributed by atoms with Crippen LogP contribution < -0.4 is 0 Å². The first-order chi connectivity index (χ1) is 13.2. The smallest absolute Gasteiger partial charge is 0.0103 e. The third-order valence-corrected chi connectivity index (χ3v) is 5.38. The highest BCUT2D eigenvalue weighted by Gasteiger charge is 2.15. The van der Waals surface area contributed by atoms with Crippen LogP contribution in [0.4, 0.5) is 0 Å². The Bertz CT molecular complexity index is 919. The van der Waals surface area contributed by atoms with Crippen molar-refractivity contribution in [1.29, 1.82) is 0 Å². The number of allylic oxidation sites excluding steroid dienone is 7. The van der Waals surface area contributed by atoms with Gasteiger partial charge in [0.05, 0.1) is 0 Å². The monoisotopic (exact) mass is 354 g/mol. The molecule has 2 aromatic rings.